The Balaban J connectivity index is 0. The van der Waals surface area contributed by atoms with Gasteiger partial charge < -0.3 is 29.1 Å². The molecule has 0 aliphatic carbocycles. The van der Waals surface area contributed by atoms with E-state index in [2.05, 4.69) is 41.5 Å². The van der Waals surface area contributed by atoms with Crippen LogP contribution in [0.1, 0.15) is 67.2 Å². The van der Waals surface area contributed by atoms with Crippen LogP contribution in [-0.4, -0.2) is 31.1 Å². The molecular weight excluding hydrogens is 405 g/mol. The number of benzene rings is 1. The first-order valence-electron chi connectivity index (χ1n) is 9.98. The van der Waals surface area contributed by atoms with Crippen LogP contribution in [0.3, 0.4) is 0 Å². The van der Waals surface area contributed by atoms with Crippen molar-refractivity contribution in [1.82, 2.24) is 0 Å². The molecule has 0 bridgehead atoms. The molecule has 1 aromatic carbocycles. The molecule has 30 heavy (non-hydrogen) atoms. The van der Waals surface area contributed by atoms with E-state index in [1.165, 1.54) is 25.7 Å². The number of carbonyl (C=O) groups is 1. The molecule has 0 N–H and O–H groups in total. The fourth-order valence-electron chi connectivity index (χ4n) is 2.81. The van der Waals surface area contributed by atoms with Crippen LogP contribution in [0, 0.1) is 5.92 Å². The molecule has 1 saturated heterocycles. The Morgan fingerprint density at radius 1 is 1.03 bits per heavy atom. The van der Waals surface area contributed by atoms with E-state index in [-0.39, 0.29) is 77.4 Å². The molecule has 0 amide bonds. The van der Waals surface area contributed by atoms with E-state index < -0.39 is 6.16 Å². The van der Waals surface area contributed by atoms with Crippen molar-refractivity contribution in [3.05, 3.63) is 24.3 Å². The fraction of sp³-hybridized carbons (Fsp3) is 0.667. The predicted molar refractivity (Wildman–Crippen MR) is 106 cm³/mol. The number of unbranched alkanes of at least 4 members (excludes halogenated alkanes) is 1. The standard InChI is InChI=1S/C20H33BO3.CH2O3.2Na/c1-7-9-10-16(8-2)15-22-18-13-11-17(12-14-18)21-23-19(3,4)20(5,6)24-21;2-1(3)4;;/h11-14,16H,7-10,15H2,1-6H3;(H2,2,3,4);;/q;;2*+1/p-2. The van der Waals surface area contributed by atoms with Crippen molar-refractivity contribution >= 4 is 18.7 Å². The molecule has 0 aromatic heterocycles. The van der Waals surface area contributed by atoms with Gasteiger partial charge in [-0.25, -0.2) is 0 Å². The topological polar surface area (TPSA) is 90.9 Å². The Hall–Kier alpha value is 0.275. The zero-order chi connectivity index (χ0) is 21.4. The summed E-state index contributed by atoms with van der Waals surface area (Å²) in [5, 5.41) is 16.7. The van der Waals surface area contributed by atoms with Crippen molar-refractivity contribution in [3.8, 4) is 5.75 Å². The SMILES string of the molecule is CCCCC(CC)COc1ccc(B2OC(C)(C)C(C)(C)O2)cc1.O=C([O-])[O-].[Na+].[Na+]. The molecule has 1 heterocycles. The van der Waals surface area contributed by atoms with Crippen molar-refractivity contribution in [2.45, 2.75) is 78.4 Å². The zero-order valence-corrected chi connectivity index (χ0v) is 23.9. The maximum atomic E-state index is 8.33. The van der Waals surface area contributed by atoms with Crippen LogP contribution in [0.2, 0.25) is 0 Å². The van der Waals surface area contributed by atoms with Gasteiger partial charge in [-0.2, -0.15) is 0 Å². The van der Waals surface area contributed by atoms with Gasteiger partial charge in [-0.05, 0) is 63.8 Å². The summed E-state index contributed by atoms with van der Waals surface area (Å²) in [5.74, 6) is 1.57. The van der Waals surface area contributed by atoms with Crippen LogP contribution >= 0.6 is 0 Å². The van der Waals surface area contributed by atoms with Crippen molar-refractivity contribution in [1.29, 1.82) is 0 Å². The second kappa shape index (κ2) is 15.2. The van der Waals surface area contributed by atoms with E-state index >= 15 is 0 Å². The molecule has 1 fully saturated rings. The molecule has 158 valence electrons. The third-order valence-corrected chi connectivity index (χ3v) is 5.43. The number of hydrogen-bond donors (Lipinski definition) is 0. The second-order valence-electron chi connectivity index (χ2n) is 8.13. The van der Waals surface area contributed by atoms with Crippen LogP contribution in [-0.2, 0) is 9.31 Å². The predicted octanol–water partition coefficient (Wildman–Crippen LogP) is -3.86. The van der Waals surface area contributed by atoms with Crippen LogP contribution in [0.25, 0.3) is 0 Å². The van der Waals surface area contributed by atoms with Gasteiger partial charge in [0.25, 0.3) is 0 Å². The summed E-state index contributed by atoms with van der Waals surface area (Å²) in [6.45, 7) is 13.6. The summed E-state index contributed by atoms with van der Waals surface area (Å²) in [6.07, 6.45) is 2.62. The molecule has 0 radical (unpaired) electrons. The van der Waals surface area contributed by atoms with Crippen LogP contribution in [0.5, 0.6) is 5.75 Å². The number of carboxylic acid groups (broad SMARTS) is 2. The summed E-state index contributed by atoms with van der Waals surface area (Å²) in [4.78, 5) is 8.33. The molecule has 9 heteroatoms. The van der Waals surface area contributed by atoms with Crippen molar-refractivity contribution in [3.63, 3.8) is 0 Å². The van der Waals surface area contributed by atoms with E-state index in [0.717, 1.165) is 17.8 Å². The molecular formula is C21H33BNa2O6. The normalized spacial score (nSPS) is 16.9. The summed E-state index contributed by atoms with van der Waals surface area (Å²) in [6, 6.07) is 8.13. The number of carbonyl (C=O) groups excluding carboxylic acids is 1. The van der Waals surface area contributed by atoms with Gasteiger partial charge in [-0.3, -0.25) is 0 Å². The first-order chi connectivity index (χ1) is 13.0. The van der Waals surface area contributed by atoms with E-state index in [1.807, 2.05) is 24.3 Å². The van der Waals surface area contributed by atoms with Crippen molar-refractivity contribution in [2.75, 3.05) is 6.61 Å². The molecule has 1 aromatic rings. The van der Waals surface area contributed by atoms with Crippen molar-refractivity contribution < 1.29 is 88.2 Å². The average Bonchev–Trinajstić information content (AvgIpc) is 2.83. The van der Waals surface area contributed by atoms with Crippen LogP contribution in [0.15, 0.2) is 24.3 Å². The average molecular weight is 438 g/mol. The van der Waals surface area contributed by atoms with E-state index in [1.54, 1.807) is 0 Å². The van der Waals surface area contributed by atoms with Gasteiger partial charge in [0.15, 0.2) is 0 Å². The first kappa shape index (κ1) is 32.5. The Labute approximate surface area is 226 Å². The summed E-state index contributed by atoms with van der Waals surface area (Å²) >= 11 is 0. The Kier molecular flexibility index (Phi) is 16.4. The minimum Gasteiger partial charge on any atom is -0.652 e. The van der Waals surface area contributed by atoms with Gasteiger partial charge in [-0.1, -0.05) is 45.2 Å². The summed E-state index contributed by atoms with van der Waals surface area (Å²) in [5.41, 5.74) is 0.431. The summed E-state index contributed by atoms with van der Waals surface area (Å²) in [7, 11) is -0.308. The summed E-state index contributed by atoms with van der Waals surface area (Å²) < 4.78 is 18.1. The van der Waals surface area contributed by atoms with E-state index in [4.69, 9.17) is 29.1 Å². The van der Waals surface area contributed by atoms with Gasteiger partial charge in [0.1, 0.15) is 5.75 Å². The monoisotopic (exact) mass is 438 g/mol. The van der Waals surface area contributed by atoms with Gasteiger partial charge >= 0.3 is 66.2 Å². The van der Waals surface area contributed by atoms with Gasteiger partial charge in [-0.15, -0.1) is 0 Å². The molecule has 0 spiro atoms. The molecule has 1 aliphatic rings. The van der Waals surface area contributed by atoms with Gasteiger partial charge in [0, 0.05) is 0 Å². The number of hydrogen-bond acceptors (Lipinski definition) is 6. The minimum atomic E-state index is -2.33. The molecule has 1 aliphatic heterocycles. The Morgan fingerprint density at radius 3 is 1.90 bits per heavy atom. The quantitative estimate of drug-likeness (QED) is 0.386. The second-order valence-corrected chi connectivity index (χ2v) is 8.13. The molecule has 1 unspecified atom stereocenters. The van der Waals surface area contributed by atoms with Gasteiger partial charge in [0.05, 0.1) is 17.8 Å². The van der Waals surface area contributed by atoms with Crippen molar-refractivity contribution in [2.24, 2.45) is 5.92 Å². The minimum absolute atomic E-state index is 0. The Morgan fingerprint density at radius 2 is 1.50 bits per heavy atom. The zero-order valence-electron chi connectivity index (χ0n) is 19.9. The van der Waals surface area contributed by atoms with Crippen LogP contribution in [0.4, 0.5) is 4.79 Å². The molecule has 6 nitrogen and oxygen atoms in total. The maximum Gasteiger partial charge on any atom is 1.00 e. The van der Waals surface area contributed by atoms with E-state index in [9.17, 15) is 0 Å². The largest absolute Gasteiger partial charge is 1.00 e. The smallest absolute Gasteiger partial charge is 0.652 e. The maximum absolute atomic E-state index is 8.33. The van der Waals surface area contributed by atoms with E-state index in [0.29, 0.717) is 5.92 Å². The Bertz CT molecular complexity index is 590. The van der Waals surface area contributed by atoms with Crippen LogP contribution < -0.4 is 79.5 Å². The third-order valence-electron chi connectivity index (χ3n) is 5.43. The molecule has 2 rings (SSSR count). The molecule has 0 saturated carbocycles. The number of rotatable bonds is 8. The fourth-order valence-corrected chi connectivity index (χ4v) is 2.81. The van der Waals surface area contributed by atoms with Gasteiger partial charge in [0.2, 0.25) is 0 Å². The third kappa shape index (κ3) is 10.7. The number of ether oxygens (including phenoxy) is 1. The molecule has 1 atom stereocenters. The first-order valence-corrected chi connectivity index (χ1v) is 9.98.